The first kappa shape index (κ1) is 11.4. The van der Waals surface area contributed by atoms with E-state index in [4.69, 9.17) is 0 Å². The lowest BCUT2D eigenvalue weighted by molar-refractivity contribution is -0.127. The van der Waals surface area contributed by atoms with Gasteiger partial charge in [-0.2, -0.15) is 0 Å². The van der Waals surface area contributed by atoms with Crippen LogP contribution < -0.4 is 0 Å². The Morgan fingerprint density at radius 1 is 1.33 bits per heavy atom. The first-order chi connectivity index (χ1) is 5.25. The van der Waals surface area contributed by atoms with Gasteiger partial charge in [0.05, 0.1) is 0 Å². The van der Waals surface area contributed by atoms with Crippen LogP contribution in [-0.2, 0) is 4.79 Å². The average Bonchev–Trinajstić information content (AvgIpc) is 1.82. The predicted molar refractivity (Wildman–Crippen MR) is 49.9 cm³/mol. The van der Waals surface area contributed by atoms with Crippen LogP contribution in [0.3, 0.4) is 0 Å². The highest BCUT2D eigenvalue weighted by molar-refractivity contribution is 5.94. The highest BCUT2D eigenvalue weighted by atomic mass is 16.3. The molecule has 12 heavy (non-hydrogen) atoms. The van der Waals surface area contributed by atoms with Crippen LogP contribution in [0.5, 0.6) is 0 Å². The molecule has 0 fully saturated rings. The SMILES string of the molecule is CC(C)=CC(=O)C(O)C(C)(C)C. The maximum absolute atomic E-state index is 11.3. The number of rotatable bonds is 2. The van der Waals surface area contributed by atoms with Gasteiger partial charge in [0.25, 0.3) is 0 Å². The second-order valence-corrected chi connectivity index (χ2v) is 4.39. The van der Waals surface area contributed by atoms with Crippen molar-refractivity contribution in [2.24, 2.45) is 5.41 Å². The van der Waals surface area contributed by atoms with E-state index >= 15 is 0 Å². The second-order valence-electron chi connectivity index (χ2n) is 4.39. The van der Waals surface area contributed by atoms with E-state index in [1.807, 2.05) is 34.6 Å². The minimum atomic E-state index is -0.896. The summed E-state index contributed by atoms with van der Waals surface area (Å²) in [6.45, 7) is 9.21. The zero-order chi connectivity index (χ0) is 9.94. The summed E-state index contributed by atoms with van der Waals surface area (Å²) in [5.74, 6) is -0.206. The van der Waals surface area contributed by atoms with E-state index in [1.165, 1.54) is 6.08 Å². The molecule has 0 amide bonds. The summed E-state index contributed by atoms with van der Waals surface area (Å²) in [5.41, 5.74) is 0.548. The van der Waals surface area contributed by atoms with Crippen LogP contribution in [0.2, 0.25) is 0 Å². The fourth-order valence-electron chi connectivity index (χ4n) is 0.790. The maximum Gasteiger partial charge on any atom is 0.184 e. The Balaban J connectivity index is 4.42. The number of ketones is 1. The standard InChI is InChI=1S/C10H18O2/c1-7(2)6-8(11)9(12)10(3,4)5/h6,9,12H,1-5H3. The van der Waals surface area contributed by atoms with Gasteiger partial charge < -0.3 is 5.11 Å². The van der Waals surface area contributed by atoms with E-state index in [-0.39, 0.29) is 11.2 Å². The van der Waals surface area contributed by atoms with Gasteiger partial charge in [-0.3, -0.25) is 4.79 Å². The van der Waals surface area contributed by atoms with Crippen LogP contribution in [0.15, 0.2) is 11.6 Å². The first-order valence-electron chi connectivity index (χ1n) is 4.12. The van der Waals surface area contributed by atoms with Crippen molar-refractivity contribution < 1.29 is 9.90 Å². The van der Waals surface area contributed by atoms with E-state index < -0.39 is 6.10 Å². The van der Waals surface area contributed by atoms with Gasteiger partial charge in [-0.05, 0) is 25.3 Å². The first-order valence-corrected chi connectivity index (χ1v) is 4.12. The lowest BCUT2D eigenvalue weighted by Crippen LogP contribution is -2.33. The number of carbonyl (C=O) groups excluding carboxylic acids is 1. The third-order valence-electron chi connectivity index (χ3n) is 1.52. The van der Waals surface area contributed by atoms with E-state index in [2.05, 4.69) is 0 Å². The zero-order valence-corrected chi connectivity index (χ0v) is 8.51. The topological polar surface area (TPSA) is 37.3 Å². The molecule has 70 valence electrons. The molecule has 1 atom stereocenters. The van der Waals surface area contributed by atoms with Gasteiger partial charge >= 0.3 is 0 Å². The molecular weight excluding hydrogens is 152 g/mol. The minimum absolute atomic E-state index is 0.206. The molecule has 2 heteroatoms. The van der Waals surface area contributed by atoms with E-state index in [0.29, 0.717) is 0 Å². The number of carbonyl (C=O) groups is 1. The molecule has 0 spiro atoms. The molecule has 2 nitrogen and oxygen atoms in total. The van der Waals surface area contributed by atoms with Gasteiger partial charge in [0, 0.05) is 0 Å². The van der Waals surface area contributed by atoms with Crippen LogP contribution in [0.4, 0.5) is 0 Å². The molecule has 0 aliphatic heterocycles. The fraction of sp³-hybridized carbons (Fsp3) is 0.700. The highest BCUT2D eigenvalue weighted by Crippen LogP contribution is 2.20. The summed E-state index contributed by atoms with van der Waals surface area (Å²) in [5, 5.41) is 9.51. The van der Waals surface area contributed by atoms with Gasteiger partial charge in [-0.25, -0.2) is 0 Å². The van der Waals surface area contributed by atoms with E-state index in [1.54, 1.807) is 0 Å². The average molecular weight is 170 g/mol. The Labute approximate surface area is 74.3 Å². The molecule has 0 heterocycles. The van der Waals surface area contributed by atoms with Gasteiger partial charge in [0.1, 0.15) is 6.10 Å². The van der Waals surface area contributed by atoms with Crippen molar-refractivity contribution in [3.63, 3.8) is 0 Å². The van der Waals surface area contributed by atoms with Crippen LogP contribution in [-0.4, -0.2) is 17.0 Å². The molecule has 0 rings (SSSR count). The lowest BCUT2D eigenvalue weighted by atomic mass is 9.86. The normalized spacial score (nSPS) is 13.8. The number of aliphatic hydroxyl groups is 1. The van der Waals surface area contributed by atoms with Crippen LogP contribution in [0.1, 0.15) is 34.6 Å². The van der Waals surface area contributed by atoms with Crippen LogP contribution >= 0.6 is 0 Å². The van der Waals surface area contributed by atoms with Crippen molar-refractivity contribution in [2.45, 2.75) is 40.7 Å². The summed E-state index contributed by atoms with van der Waals surface area (Å²) >= 11 is 0. The largest absolute Gasteiger partial charge is 0.384 e. The third-order valence-corrected chi connectivity index (χ3v) is 1.52. The summed E-state index contributed by atoms with van der Waals surface area (Å²) in [6.07, 6.45) is 0.586. The van der Waals surface area contributed by atoms with E-state index in [9.17, 15) is 9.90 Å². The van der Waals surface area contributed by atoms with Crippen molar-refractivity contribution in [1.82, 2.24) is 0 Å². The molecule has 1 unspecified atom stereocenters. The zero-order valence-electron chi connectivity index (χ0n) is 8.51. The van der Waals surface area contributed by atoms with Crippen LogP contribution in [0, 0.1) is 5.41 Å². The minimum Gasteiger partial charge on any atom is -0.384 e. The van der Waals surface area contributed by atoms with Crippen molar-refractivity contribution >= 4 is 5.78 Å². The fourth-order valence-corrected chi connectivity index (χ4v) is 0.790. The Morgan fingerprint density at radius 2 is 1.75 bits per heavy atom. The lowest BCUT2D eigenvalue weighted by Gasteiger charge is -2.23. The second kappa shape index (κ2) is 3.85. The van der Waals surface area contributed by atoms with Gasteiger partial charge in [-0.15, -0.1) is 0 Å². The molecule has 0 aromatic heterocycles. The predicted octanol–water partition coefficient (Wildman–Crippen LogP) is 1.93. The quantitative estimate of drug-likeness (QED) is 0.643. The molecule has 1 N–H and O–H groups in total. The number of hydrogen-bond acceptors (Lipinski definition) is 2. The van der Waals surface area contributed by atoms with Gasteiger partial charge in [-0.1, -0.05) is 26.3 Å². The Kier molecular flexibility index (Phi) is 3.65. The Hall–Kier alpha value is -0.630. The molecule has 0 aromatic rings. The molecule has 0 bridgehead atoms. The Bertz CT molecular complexity index is 192. The summed E-state index contributed by atoms with van der Waals surface area (Å²) in [6, 6.07) is 0. The molecule has 0 aliphatic rings. The molecule has 0 aliphatic carbocycles. The molecule has 0 saturated heterocycles. The van der Waals surface area contributed by atoms with Crippen molar-refractivity contribution in [3.8, 4) is 0 Å². The summed E-state index contributed by atoms with van der Waals surface area (Å²) < 4.78 is 0. The summed E-state index contributed by atoms with van der Waals surface area (Å²) in [4.78, 5) is 11.3. The molecule has 0 aromatic carbocycles. The molecule has 0 saturated carbocycles. The van der Waals surface area contributed by atoms with Crippen molar-refractivity contribution in [2.75, 3.05) is 0 Å². The Morgan fingerprint density at radius 3 is 2.00 bits per heavy atom. The molecule has 0 radical (unpaired) electrons. The number of hydrogen-bond donors (Lipinski definition) is 1. The number of aliphatic hydroxyl groups excluding tert-OH is 1. The van der Waals surface area contributed by atoms with Crippen molar-refractivity contribution in [3.05, 3.63) is 11.6 Å². The van der Waals surface area contributed by atoms with Gasteiger partial charge in [0.2, 0.25) is 0 Å². The third kappa shape index (κ3) is 3.67. The van der Waals surface area contributed by atoms with Crippen molar-refractivity contribution in [1.29, 1.82) is 0 Å². The monoisotopic (exact) mass is 170 g/mol. The van der Waals surface area contributed by atoms with Gasteiger partial charge in [0.15, 0.2) is 5.78 Å². The van der Waals surface area contributed by atoms with Crippen LogP contribution in [0.25, 0.3) is 0 Å². The number of allylic oxidation sites excluding steroid dienone is 1. The highest BCUT2D eigenvalue weighted by Gasteiger charge is 2.27. The van der Waals surface area contributed by atoms with E-state index in [0.717, 1.165) is 5.57 Å². The smallest absolute Gasteiger partial charge is 0.184 e. The summed E-state index contributed by atoms with van der Waals surface area (Å²) in [7, 11) is 0. The maximum atomic E-state index is 11.3. The molecular formula is C10H18O2.